The van der Waals surface area contributed by atoms with E-state index in [1.807, 2.05) is 0 Å². The second-order valence-electron chi connectivity index (χ2n) is 5.83. The van der Waals surface area contributed by atoms with Crippen molar-refractivity contribution in [2.45, 2.75) is 73.8 Å². The van der Waals surface area contributed by atoms with Gasteiger partial charge in [0, 0.05) is 6.04 Å². The van der Waals surface area contributed by atoms with Crippen LogP contribution in [0.25, 0.3) is 0 Å². The van der Waals surface area contributed by atoms with E-state index < -0.39 is 0 Å². The molecule has 1 unspecified atom stereocenters. The Kier molecular flexibility index (Phi) is 6.06. The maximum Gasteiger partial charge on any atom is 0.0325 e. The van der Waals surface area contributed by atoms with E-state index in [-0.39, 0.29) is 0 Å². The first-order chi connectivity index (χ1) is 8.95. The Labute approximate surface area is 119 Å². The van der Waals surface area contributed by atoms with Crippen LogP contribution in [0, 0.1) is 34.6 Å². The molecule has 1 N–H and O–H groups in total. The highest BCUT2D eigenvalue weighted by atomic mass is 14.9. The van der Waals surface area contributed by atoms with E-state index in [2.05, 4.69) is 53.8 Å². The number of benzene rings is 1. The molecule has 19 heavy (non-hydrogen) atoms. The van der Waals surface area contributed by atoms with Crippen molar-refractivity contribution in [1.82, 2.24) is 5.32 Å². The molecule has 0 aliphatic heterocycles. The van der Waals surface area contributed by atoms with Crippen LogP contribution in [0.4, 0.5) is 0 Å². The predicted molar refractivity (Wildman–Crippen MR) is 86.1 cm³/mol. The molecule has 1 heteroatoms. The summed E-state index contributed by atoms with van der Waals surface area (Å²) in [6, 6.07) is 0.517. The molecule has 108 valence electrons. The fourth-order valence-corrected chi connectivity index (χ4v) is 3.01. The van der Waals surface area contributed by atoms with E-state index in [0.717, 1.165) is 6.54 Å². The molecule has 0 aromatic heterocycles. The lowest BCUT2D eigenvalue weighted by Gasteiger charge is -2.26. The maximum absolute atomic E-state index is 3.74. The fraction of sp³-hybridized carbons (Fsp3) is 0.667. The average Bonchev–Trinajstić information content (AvgIpc) is 2.40. The van der Waals surface area contributed by atoms with E-state index in [4.69, 9.17) is 0 Å². The maximum atomic E-state index is 3.74. The zero-order valence-corrected chi connectivity index (χ0v) is 13.9. The summed E-state index contributed by atoms with van der Waals surface area (Å²) in [7, 11) is 0. The molecule has 0 spiro atoms. The summed E-state index contributed by atoms with van der Waals surface area (Å²) in [6.07, 6.45) is 3.65. The van der Waals surface area contributed by atoms with Crippen LogP contribution in [-0.4, -0.2) is 6.54 Å². The first-order valence-electron chi connectivity index (χ1n) is 7.75. The number of hydrogen-bond donors (Lipinski definition) is 1. The standard InChI is InChI=1S/C18H31N/c1-8-10-17(19-11-9-2)18-15(6)13(4)12(3)14(5)16(18)7/h17,19H,8-11H2,1-7H3. The van der Waals surface area contributed by atoms with Gasteiger partial charge in [0.1, 0.15) is 0 Å². The summed E-state index contributed by atoms with van der Waals surface area (Å²) in [5.41, 5.74) is 8.93. The molecule has 1 aromatic carbocycles. The van der Waals surface area contributed by atoms with Gasteiger partial charge in [0.2, 0.25) is 0 Å². The van der Waals surface area contributed by atoms with Gasteiger partial charge >= 0.3 is 0 Å². The first kappa shape index (κ1) is 16.2. The van der Waals surface area contributed by atoms with Gasteiger partial charge in [-0.25, -0.2) is 0 Å². The smallest absolute Gasteiger partial charge is 0.0325 e. The van der Waals surface area contributed by atoms with Gasteiger partial charge in [-0.15, -0.1) is 0 Å². The Balaban J connectivity index is 3.29. The van der Waals surface area contributed by atoms with Crippen LogP contribution in [0.2, 0.25) is 0 Å². The van der Waals surface area contributed by atoms with Gasteiger partial charge in [0.25, 0.3) is 0 Å². The van der Waals surface area contributed by atoms with E-state index in [1.54, 1.807) is 5.56 Å². The Bertz CT molecular complexity index is 403. The molecule has 0 saturated carbocycles. The largest absolute Gasteiger partial charge is 0.310 e. The van der Waals surface area contributed by atoms with E-state index >= 15 is 0 Å². The fourth-order valence-electron chi connectivity index (χ4n) is 3.01. The quantitative estimate of drug-likeness (QED) is 0.754. The molecular weight excluding hydrogens is 230 g/mol. The average molecular weight is 261 g/mol. The highest BCUT2D eigenvalue weighted by Gasteiger charge is 2.19. The number of hydrogen-bond acceptors (Lipinski definition) is 1. The third kappa shape index (κ3) is 3.39. The van der Waals surface area contributed by atoms with Crippen molar-refractivity contribution in [2.75, 3.05) is 6.54 Å². The van der Waals surface area contributed by atoms with Crippen molar-refractivity contribution >= 4 is 0 Å². The highest BCUT2D eigenvalue weighted by Crippen LogP contribution is 2.32. The summed E-state index contributed by atoms with van der Waals surface area (Å²) in [5, 5.41) is 3.74. The highest BCUT2D eigenvalue weighted by molar-refractivity contribution is 5.50. The molecule has 0 radical (unpaired) electrons. The van der Waals surface area contributed by atoms with E-state index in [1.165, 1.54) is 47.1 Å². The Morgan fingerprint density at radius 1 is 0.737 bits per heavy atom. The molecule has 0 aliphatic carbocycles. The molecule has 1 atom stereocenters. The Morgan fingerprint density at radius 2 is 1.21 bits per heavy atom. The number of nitrogens with one attached hydrogen (secondary N) is 1. The van der Waals surface area contributed by atoms with Crippen LogP contribution >= 0.6 is 0 Å². The van der Waals surface area contributed by atoms with Crippen molar-refractivity contribution in [1.29, 1.82) is 0 Å². The van der Waals surface area contributed by atoms with E-state index in [9.17, 15) is 0 Å². The SMILES string of the molecule is CCCNC(CCC)c1c(C)c(C)c(C)c(C)c1C. The molecule has 0 bridgehead atoms. The van der Waals surface area contributed by atoms with E-state index in [0.29, 0.717) is 6.04 Å². The van der Waals surface area contributed by atoms with Gasteiger partial charge in [-0.1, -0.05) is 20.3 Å². The third-order valence-corrected chi connectivity index (χ3v) is 4.62. The molecule has 1 rings (SSSR count). The van der Waals surface area contributed by atoms with Crippen molar-refractivity contribution in [2.24, 2.45) is 0 Å². The minimum Gasteiger partial charge on any atom is -0.310 e. The van der Waals surface area contributed by atoms with Crippen molar-refractivity contribution in [3.8, 4) is 0 Å². The van der Waals surface area contributed by atoms with Gasteiger partial charge in [0.15, 0.2) is 0 Å². The Hall–Kier alpha value is -0.820. The molecular formula is C18H31N. The molecule has 0 saturated heterocycles. The summed E-state index contributed by atoms with van der Waals surface area (Å²) in [4.78, 5) is 0. The van der Waals surface area contributed by atoms with Crippen molar-refractivity contribution < 1.29 is 0 Å². The second-order valence-corrected chi connectivity index (χ2v) is 5.83. The lowest BCUT2D eigenvalue weighted by Crippen LogP contribution is -2.24. The summed E-state index contributed by atoms with van der Waals surface area (Å²) >= 11 is 0. The second kappa shape index (κ2) is 7.09. The van der Waals surface area contributed by atoms with Gasteiger partial charge < -0.3 is 5.32 Å². The first-order valence-corrected chi connectivity index (χ1v) is 7.75. The zero-order valence-electron chi connectivity index (χ0n) is 13.9. The molecule has 0 heterocycles. The van der Waals surface area contributed by atoms with Gasteiger partial charge in [-0.2, -0.15) is 0 Å². The lowest BCUT2D eigenvalue weighted by molar-refractivity contribution is 0.489. The molecule has 0 amide bonds. The summed E-state index contributed by atoms with van der Waals surface area (Å²) in [6.45, 7) is 17.0. The van der Waals surface area contributed by atoms with Crippen LogP contribution in [0.1, 0.15) is 72.5 Å². The summed E-state index contributed by atoms with van der Waals surface area (Å²) < 4.78 is 0. The van der Waals surface area contributed by atoms with Gasteiger partial charge in [-0.3, -0.25) is 0 Å². The van der Waals surface area contributed by atoms with Crippen LogP contribution < -0.4 is 5.32 Å². The normalized spacial score (nSPS) is 12.8. The molecule has 1 aromatic rings. The number of rotatable bonds is 6. The van der Waals surface area contributed by atoms with Crippen LogP contribution in [0.5, 0.6) is 0 Å². The summed E-state index contributed by atoms with van der Waals surface area (Å²) in [5.74, 6) is 0. The molecule has 0 fully saturated rings. The minimum absolute atomic E-state index is 0.517. The lowest BCUT2D eigenvalue weighted by atomic mass is 9.85. The topological polar surface area (TPSA) is 12.0 Å². The Morgan fingerprint density at radius 3 is 1.63 bits per heavy atom. The monoisotopic (exact) mass is 261 g/mol. The zero-order chi connectivity index (χ0) is 14.6. The van der Waals surface area contributed by atoms with Crippen molar-refractivity contribution in [3.63, 3.8) is 0 Å². The van der Waals surface area contributed by atoms with Crippen molar-refractivity contribution in [3.05, 3.63) is 33.4 Å². The third-order valence-electron chi connectivity index (χ3n) is 4.62. The molecule has 1 nitrogen and oxygen atoms in total. The van der Waals surface area contributed by atoms with Gasteiger partial charge in [-0.05, 0) is 87.4 Å². The predicted octanol–water partition coefficient (Wildman–Crippen LogP) is 5.07. The van der Waals surface area contributed by atoms with Gasteiger partial charge in [0.05, 0.1) is 0 Å². The van der Waals surface area contributed by atoms with Crippen LogP contribution in [0.3, 0.4) is 0 Å². The molecule has 0 aliphatic rings. The minimum atomic E-state index is 0.517. The van der Waals surface area contributed by atoms with Crippen LogP contribution in [0.15, 0.2) is 0 Å². The van der Waals surface area contributed by atoms with Crippen LogP contribution in [-0.2, 0) is 0 Å².